The van der Waals surface area contributed by atoms with Gasteiger partial charge < -0.3 is 14.8 Å². The summed E-state index contributed by atoms with van der Waals surface area (Å²) in [6.07, 6.45) is 7.32. The number of nitrogens with one attached hydrogen (secondary N) is 1. The van der Waals surface area contributed by atoms with Gasteiger partial charge in [-0.3, -0.25) is 9.69 Å². The Morgan fingerprint density at radius 2 is 1.83 bits per heavy atom. The minimum Gasteiger partial charge on any atom is -0.492 e. The maximum Gasteiger partial charge on any atom is 0.256 e. The topological polar surface area (TPSA) is 50.8 Å². The molecule has 0 spiro atoms. The SMILES string of the molecule is CCCO[C@]1(C(=O)Nc2ccc(OCCN3CCC(C)CC3)cc2)CCC[C@@H](C)C1. The summed E-state index contributed by atoms with van der Waals surface area (Å²) in [6.45, 7) is 11.3. The van der Waals surface area contributed by atoms with Crippen molar-refractivity contribution in [2.24, 2.45) is 11.8 Å². The summed E-state index contributed by atoms with van der Waals surface area (Å²) in [6, 6.07) is 7.74. The first-order chi connectivity index (χ1) is 14.5. The third kappa shape index (κ3) is 6.45. The second-order valence-corrected chi connectivity index (χ2v) is 9.40. The Kier molecular flexibility index (Phi) is 8.58. The largest absolute Gasteiger partial charge is 0.492 e. The molecule has 0 unspecified atom stereocenters. The van der Waals surface area contributed by atoms with E-state index in [-0.39, 0.29) is 5.91 Å². The highest BCUT2D eigenvalue weighted by atomic mass is 16.5. The van der Waals surface area contributed by atoms with Crippen LogP contribution in [0.2, 0.25) is 0 Å². The van der Waals surface area contributed by atoms with Crippen LogP contribution in [0, 0.1) is 11.8 Å². The number of ether oxygens (including phenoxy) is 2. The van der Waals surface area contributed by atoms with Crippen LogP contribution in [0.4, 0.5) is 5.69 Å². The molecule has 1 aromatic rings. The molecule has 168 valence electrons. The molecule has 1 N–H and O–H groups in total. The van der Waals surface area contributed by atoms with Crippen molar-refractivity contribution in [1.82, 2.24) is 4.90 Å². The molecule has 5 heteroatoms. The van der Waals surface area contributed by atoms with Crippen molar-refractivity contribution in [1.29, 1.82) is 0 Å². The van der Waals surface area contributed by atoms with Crippen molar-refractivity contribution >= 4 is 11.6 Å². The first kappa shape index (κ1) is 23.1. The van der Waals surface area contributed by atoms with E-state index in [0.717, 1.165) is 49.6 Å². The van der Waals surface area contributed by atoms with Gasteiger partial charge in [0.15, 0.2) is 0 Å². The van der Waals surface area contributed by atoms with Crippen LogP contribution in [0.3, 0.4) is 0 Å². The summed E-state index contributed by atoms with van der Waals surface area (Å²) >= 11 is 0. The number of piperidine rings is 1. The molecule has 1 amide bonds. The van der Waals surface area contributed by atoms with Gasteiger partial charge in [-0.05, 0) is 87.7 Å². The molecule has 2 fully saturated rings. The number of amides is 1. The van der Waals surface area contributed by atoms with E-state index in [4.69, 9.17) is 9.47 Å². The minimum atomic E-state index is -0.686. The Labute approximate surface area is 182 Å². The lowest BCUT2D eigenvalue weighted by Crippen LogP contribution is -2.48. The third-order valence-electron chi connectivity index (χ3n) is 6.62. The smallest absolute Gasteiger partial charge is 0.256 e. The van der Waals surface area contributed by atoms with Crippen LogP contribution in [-0.2, 0) is 9.53 Å². The molecule has 1 saturated heterocycles. The van der Waals surface area contributed by atoms with E-state index in [9.17, 15) is 4.79 Å². The van der Waals surface area contributed by atoms with Gasteiger partial charge in [-0.25, -0.2) is 0 Å². The standard InChI is InChI=1S/C25H40N2O3/c1-4-17-30-25(13-5-6-21(3)19-25)24(28)26-22-7-9-23(10-8-22)29-18-16-27-14-11-20(2)12-15-27/h7-10,20-21H,4-6,11-19H2,1-3H3,(H,26,28)/t21-,25-/m1/s1. The van der Waals surface area contributed by atoms with Crippen molar-refractivity contribution < 1.29 is 14.3 Å². The quantitative estimate of drug-likeness (QED) is 0.608. The number of benzene rings is 1. The molecule has 30 heavy (non-hydrogen) atoms. The fourth-order valence-corrected chi connectivity index (χ4v) is 4.66. The molecule has 1 aliphatic heterocycles. The summed E-state index contributed by atoms with van der Waals surface area (Å²) in [4.78, 5) is 15.6. The second kappa shape index (κ2) is 11.1. The van der Waals surface area contributed by atoms with Crippen molar-refractivity contribution in [3.05, 3.63) is 24.3 Å². The molecule has 1 heterocycles. The summed E-state index contributed by atoms with van der Waals surface area (Å²) in [5.74, 6) is 2.21. The Balaban J connectivity index is 1.49. The number of hydrogen-bond donors (Lipinski definition) is 1. The zero-order chi connectivity index (χ0) is 21.4. The van der Waals surface area contributed by atoms with Crippen molar-refractivity contribution in [2.75, 3.05) is 38.2 Å². The number of likely N-dealkylation sites (tertiary alicyclic amines) is 1. The lowest BCUT2D eigenvalue weighted by Gasteiger charge is -2.38. The van der Waals surface area contributed by atoms with Crippen molar-refractivity contribution in [3.8, 4) is 5.75 Å². The Bertz CT molecular complexity index is 655. The van der Waals surface area contributed by atoms with E-state index in [1.165, 1.54) is 32.4 Å². The second-order valence-electron chi connectivity index (χ2n) is 9.40. The van der Waals surface area contributed by atoms with Crippen molar-refractivity contribution in [3.63, 3.8) is 0 Å². The Hall–Kier alpha value is -1.59. The molecule has 0 radical (unpaired) electrons. The number of rotatable bonds is 9. The van der Waals surface area contributed by atoms with Gasteiger partial charge in [-0.2, -0.15) is 0 Å². The number of anilines is 1. The van der Waals surface area contributed by atoms with Crippen LogP contribution in [0.15, 0.2) is 24.3 Å². The predicted octanol–water partition coefficient (Wildman–Crippen LogP) is 5.11. The van der Waals surface area contributed by atoms with Gasteiger partial charge in [0.05, 0.1) is 0 Å². The number of carbonyl (C=O) groups excluding carboxylic acids is 1. The summed E-state index contributed by atoms with van der Waals surface area (Å²) in [7, 11) is 0. The molecular weight excluding hydrogens is 376 g/mol. The van der Waals surface area contributed by atoms with Crippen LogP contribution >= 0.6 is 0 Å². The van der Waals surface area contributed by atoms with Crippen molar-refractivity contribution in [2.45, 2.75) is 71.3 Å². The van der Waals surface area contributed by atoms with Gasteiger partial charge in [-0.1, -0.05) is 27.2 Å². The average Bonchev–Trinajstić information content (AvgIpc) is 2.75. The zero-order valence-electron chi connectivity index (χ0n) is 19.1. The predicted molar refractivity (Wildman–Crippen MR) is 122 cm³/mol. The normalized spacial score (nSPS) is 25.8. The lowest BCUT2D eigenvalue weighted by atomic mass is 9.78. The fraction of sp³-hybridized carbons (Fsp3) is 0.720. The summed E-state index contributed by atoms with van der Waals surface area (Å²) < 4.78 is 12.0. The maximum atomic E-state index is 13.1. The number of hydrogen-bond acceptors (Lipinski definition) is 4. The summed E-state index contributed by atoms with van der Waals surface area (Å²) in [5, 5.41) is 3.09. The molecule has 2 atom stereocenters. The highest BCUT2D eigenvalue weighted by Crippen LogP contribution is 2.36. The number of carbonyl (C=O) groups is 1. The first-order valence-electron chi connectivity index (χ1n) is 11.9. The highest BCUT2D eigenvalue weighted by molar-refractivity contribution is 5.97. The van der Waals surface area contributed by atoms with E-state index in [1.807, 2.05) is 24.3 Å². The molecule has 0 aromatic heterocycles. The zero-order valence-corrected chi connectivity index (χ0v) is 19.1. The summed E-state index contributed by atoms with van der Waals surface area (Å²) in [5.41, 5.74) is 0.115. The molecule has 1 aliphatic carbocycles. The van der Waals surface area contributed by atoms with Gasteiger partial charge in [-0.15, -0.1) is 0 Å². The highest BCUT2D eigenvalue weighted by Gasteiger charge is 2.42. The minimum absolute atomic E-state index is 0.00417. The van der Waals surface area contributed by atoms with E-state index >= 15 is 0 Å². The molecule has 1 aromatic carbocycles. The van der Waals surface area contributed by atoms with Gasteiger partial charge in [0, 0.05) is 18.8 Å². The van der Waals surface area contributed by atoms with E-state index in [0.29, 0.717) is 19.1 Å². The first-order valence-corrected chi connectivity index (χ1v) is 11.9. The van der Waals surface area contributed by atoms with Gasteiger partial charge >= 0.3 is 0 Å². The molecule has 1 saturated carbocycles. The lowest BCUT2D eigenvalue weighted by molar-refractivity contribution is -0.148. The van der Waals surface area contributed by atoms with Gasteiger partial charge in [0.2, 0.25) is 0 Å². The number of nitrogens with zero attached hydrogens (tertiary/aromatic N) is 1. The van der Waals surface area contributed by atoms with Crippen LogP contribution in [0.25, 0.3) is 0 Å². The van der Waals surface area contributed by atoms with E-state index < -0.39 is 5.60 Å². The maximum absolute atomic E-state index is 13.1. The average molecular weight is 417 g/mol. The van der Waals surface area contributed by atoms with Crippen LogP contribution in [0.5, 0.6) is 5.75 Å². The Morgan fingerprint density at radius 3 is 2.50 bits per heavy atom. The molecule has 3 rings (SSSR count). The molecule has 2 aliphatic rings. The van der Waals surface area contributed by atoms with Crippen LogP contribution < -0.4 is 10.1 Å². The molecular formula is C25H40N2O3. The van der Waals surface area contributed by atoms with E-state index in [1.54, 1.807) is 0 Å². The monoisotopic (exact) mass is 416 g/mol. The van der Waals surface area contributed by atoms with Gasteiger partial charge in [0.25, 0.3) is 5.91 Å². The Morgan fingerprint density at radius 1 is 1.10 bits per heavy atom. The van der Waals surface area contributed by atoms with Gasteiger partial charge in [0.1, 0.15) is 18.0 Å². The van der Waals surface area contributed by atoms with Crippen LogP contribution in [0.1, 0.15) is 65.7 Å². The fourth-order valence-electron chi connectivity index (χ4n) is 4.66. The van der Waals surface area contributed by atoms with Crippen LogP contribution in [-0.4, -0.2) is 49.3 Å². The molecule has 0 bridgehead atoms. The molecule has 5 nitrogen and oxygen atoms in total. The third-order valence-corrected chi connectivity index (χ3v) is 6.62. The van der Waals surface area contributed by atoms with E-state index in [2.05, 4.69) is 31.0 Å².